The average Bonchev–Trinajstić information content (AvgIpc) is 2.77. The normalized spacial score (nSPS) is 40.1. The Morgan fingerprint density at radius 1 is 1.14 bits per heavy atom. The lowest BCUT2D eigenvalue weighted by Gasteiger charge is -2.26. The second-order valence-corrected chi connectivity index (χ2v) is 5.21. The van der Waals surface area contributed by atoms with E-state index in [4.69, 9.17) is 0 Å². The Morgan fingerprint density at radius 2 is 1.93 bits per heavy atom. The maximum atomic E-state index is 9.76. The Bertz CT molecular complexity index is 193. The van der Waals surface area contributed by atoms with Crippen LogP contribution in [-0.2, 0) is 0 Å². The van der Waals surface area contributed by atoms with Gasteiger partial charge in [0.2, 0.25) is 0 Å². The minimum Gasteiger partial charge on any atom is -0.390 e. The quantitative estimate of drug-likeness (QED) is 0.725. The molecule has 2 fully saturated rings. The third-order valence-corrected chi connectivity index (χ3v) is 4.29. The molecule has 0 amide bonds. The number of aliphatic hydroxyl groups excluding tert-OH is 2. The first-order chi connectivity index (χ1) is 6.70. The van der Waals surface area contributed by atoms with Crippen molar-refractivity contribution in [1.82, 2.24) is 0 Å². The monoisotopic (exact) mass is 198 g/mol. The highest BCUT2D eigenvalue weighted by atomic mass is 16.3. The highest BCUT2D eigenvalue weighted by Gasteiger charge is 2.40. The molecule has 2 aliphatic rings. The summed E-state index contributed by atoms with van der Waals surface area (Å²) in [6, 6.07) is 0. The van der Waals surface area contributed by atoms with Crippen LogP contribution in [0.4, 0.5) is 0 Å². The van der Waals surface area contributed by atoms with Crippen LogP contribution in [0.3, 0.4) is 0 Å². The smallest absolute Gasteiger partial charge is 0.0801 e. The van der Waals surface area contributed by atoms with Crippen LogP contribution < -0.4 is 0 Å². The summed E-state index contributed by atoms with van der Waals surface area (Å²) in [4.78, 5) is 0. The molecule has 0 spiro atoms. The lowest BCUT2D eigenvalue weighted by Crippen LogP contribution is -2.29. The Kier molecular flexibility index (Phi) is 3.13. The van der Waals surface area contributed by atoms with E-state index in [1.165, 1.54) is 25.7 Å². The van der Waals surface area contributed by atoms with Gasteiger partial charge in [0, 0.05) is 0 Å². The van der Waals surface area contributed by atoms with Crippen LogP contribution in [0.25, 0.3) is 0 Å². The van der Waals surface area contributed by atoms with Crippen LogP contribution in [-0.4, -0.2) is 22.4 Å². The summed E-state index contributed by atoms with van der Waals surface area (Å²) in [6.07, 6.45) is 5.98. The van der Waals surface area contributed by atoms with Gasteiger partial charge in [0.05, 0.1) is 12.2 Å². The molecule has 0 radical (unpaired) electrons. The molecule has 2 heteroatoms. The van der Waals surface area contributed by atoms with Crippen LogP contribution in [0, 0.1) is 17.8 Å². The van der Waals surface area contributed by atoms with Gasteiger partial charge >= 0.3 is 0 Å². The van der Waals surface area contributed by atoms with Gasteiger partial charge in [0.15, 0.2) is 0 Å². The average molecular weight is 198 g/mol. The standard InChI is InChI=1S/C12H22O2/c1-2-11(13)12(14)7-10-6-8-3-4-9(10)5-8/h8-14H,2-7H2,1H3. The third kappa shape index (κ3) is 1.96. The highest BCUT2D eigenvalue weighted by Crippen LogP contribution is 2.50. The van der Waals surface area contributed by atoms with Crippen molar-refractivity contribution in [3.8, 4) is 0 Å². The van der Waals surface area contributed by atoms with E-state index in [1.54, 1.807) is 0 Å². The van der Waals surface area contributed by atoms with Crippen LogP contribution >= 0.6 is 0 Å². The van der Waals surface area contributed by atoms with Crippen molar-refractivity contribution < 1.29 is 10.2 Å². The van der Waals surface area contributed by atoms with E-state index in [1.807, 2.05) is 6.92 Å². The van der Waals surface area contributed by atoms with E-state index in [-0.39, 0.29) is 0 Å². The van der Waals surface area contributed by atoms with Gasteiger partial charge in [-0.25, -0.2) is 0 Å². The number of hydrogen-bond donors (Lipinski definition) is 2. The van der Waals surface area contributed by atoms with Crippen LogP contribution in [0.2, 0.25) is 0 Å². The van der Waals surface area contributed by atoms with Gasteiger partial charge in [0.25, 0.3) is 0 Å². The lowest BCUT2D eigenvalue weighted by molar-refractivity contribution is -0.00174. The Labute approximate surface area is 86.3 Å². The fourth-order valence-corrected chi connectivity index (χ4v) is 3.40. The summed E-state index contributed by atoms with van der Waals surface area (Å²) in [7, 11) is 0. The number of rotatable bonds is 4. The molecular weight excluding hydrogens is 176 g/mol. The summed E-state index contributed by atoms with van der Waals surface area (Å²) in [5.41, 5.74) is 0. The molecule has 0 heterocycles. The SMILES string of the molecule is CCC(O)C(O)CC1CC2CCC1C2. The van der Waals surface area contributed by atoms with Crippen molar-refractivity contribution in [3.05, 3.63) is 0 Å². The summed E-state index contributed by atoms with van der Waals surface area (Å²) < 4.78 is 0. The largest absolute Gasteiger partial charge is 0.390 e. The zero-order valence-corrected chi connectivity index (χ0v) is 9.02. The van der Waals surface area contributed by atoms with Crippen molar-refractivity contribution in [1.29, 1.82) is 0 Å². The van der Waals surface area contributed by atoms with Crippen LogP contribution in [0.1, 0.15) is 45.4 Å². The molecular formula is C12H22O2. The molecule has 82 valence electrons. The molecule has 2 bridgehead atoms. The Hall–Kier alpha value is -0.0800. The second-order valence-electron chi connectivity index (χ2n) is 5.21. The van der Waals surface area contributed by atoms with Crippen molar-refractivity contribution in [2.24, 2.45) is 17.8 Å². The molecule has 5 atom stereocenters. The maximum absolute atomic E-state index is 9.76. The molecule has 0 aliphatic heterocycles. The molecule has 2 aliphatic carbocycles. The van der Waals surface area contributed by atoms with E-state index in [9.17, 15) is 10.2 Å². The number of hydrogen-bond acceptors (Lipinski definition) is 2. The summed E-state index contributed by atoms with van der Waals surface area (Å²) in [5.74, 6) is 2.50. The first-order valence-corrected chi connectivity index (χ1v) is 6.06. The third-order valence-electron chi connectivity index (χ3n) is 4.29. The molecule has 2 saturated carbocycles. The lowest BCUT2D eigenvalue weighted by atomic mass is 9.84. The fourth-order valence-electron chi connectivity index (χ4n) is 3.40. The van der Waals surface area contributed by atoms with Crippen molar-refractivity contribution in [3.63, 3.8) is 0 Å². The first kappa shape index (κ1) is 10.4. The predicted molar refractivity (Wildman–Crippen MR) is 55.9 cm³/mol. The van der Waals surface area contributed by atoms with E-state index in [2.05, 4.69) is 0 Å². The molecule has 2 rings (SSSR count). The molecule has 5 unspecified atom stereocenters. The van der Waals surface area contributed by atoms with E-state index >= 15 is 0 Å². The molecule has 0 saturated heterocycles. The topological polar surface area (TPSA) is 40.5 Å². The van der Waals surface area contributed by atoms with E-state index in [0.717, 1.165) is 18.3 Å². The van der Waals surface area contributed by atoms with Gasteiger partial charge < -0.3 is 10.2 Å². The Morgan fingerprint density at radius 3 is 2.43 bits per heavy atom. The summed E-state index contributed by atoms with van der Waals surface area (Å²) >= 11 is 0. The highest BCUT2D eigenvalue weighted by molar-refractivity contribution is 4.91. The molecule has 0 aromatic heterocycles. The Balaban J connectivity index is 1.80. The maximum Gasteiger partial charge on any atom is 0.0801 e. The molecule has 0 aromatic rings. The molecule has 0 aromatic carbocycles. The van der Waals surface area contributed by atoms with Gasteiger partial charge in [0.1, 0.15) is 0 Å². The number of aliphatic hydroxyl groups is 2. The van der Waals surface area contributed by atoms with Gasteiger partial charge in [-0.05, 0) is 49.9 Å². The minimum absolute atomic E-state index is 0.482. The van der Waals surface area contributed by atoms with E-state index < -0.39 is 12.2 Å². The van der Waals surface area contributed by atoms with Crippen LogP contribution in [0.15, 0.2) is 0 Å². The molecule has 2 N–H and O–H groups in total. The van der Waals surface area contributed by atoms with Crippen LogP contribution in [0.5, 0.6) is 0 Å². The molecule has 2 nitrogen and oxygen atoms in total. The van der Waals surface area contributed by atoms with E-state index in [0.29, 0.717) is 12.3 Å². The van der Waals surface area contributed by atoms with Crippen molar-refractivity contribution >= 4 is 0 Å². The van der Waals surface area contributed by atoms with Gasteiger partial charge in [-0.2, -0.15) is 0 Å². The van der Waals surface area contributed by atoms with Gasteiger partial charge in [-0.15, -0.1) is 0 Å². The predicted octanol–water partition coefficient (Wildman–Crippen LogP) is 1.94. The van der Waals surface area contributed by atoms with Crippen molar-refractivity contribution in [2.75, 3.05) is 0 Å². The molecule has 14 heavy (non-hydrogen) atoms. The fraction of sp³-hybridized carbons (Fsp3) is 1.00. The summed E-state index contributed by atoms with van der Waals surface area (Å²) in [5, 5.41) is 19.3. The van der Waals surface area contributed by atoms with Gasteiger partial charge in [-0.1, -0.05) is 13.3 Å². The van der Waals surface area contributed by atoms with Crippen molar-refractivity contribution in [2.45, 2.75) is 57.7 Å². The van der Waals surface area contributed by atoms with Gasteiger partial charge in [-0.3, -0.25) is 0 Å². The second kappa shape index (κ2) is 4.19. The zero-order chi connectivity index (χ0) is 10.1. The number of fused-ring (bicyclic) bond motifs is 2. The summed E-state index contributed by atoms with van der Waals surface area (Å²) in [6.45, 7) is 1.93. The zero-order valence-electron chi connectivity index (χ0n) is 9.02. The minimum atomic E-state index is -0.505. The first-order valence-electron chi connectivity index (χ1n) is 6.06.